The van der Waals surface area contributed by atoms with Crippen molar-refractivity contribution in [2.45, 2.75) is 25.3 Å². The van der Waals surface area contributed by atoms with Crippen LogP contribution in [0.4, 0.5) is 5.69 Å². The molecule has 1 saturated heterocycles. The average Bonchev–Trinajstić information content (AvgIpc) is 3.32. The molecular weight excluding hydrogens is 244 g/mol. The van der Waals surface area contributed by atoms with E-state index in [1.165, 1.54) is 29.3 Å². The van der Waals surface area contributed by atoms with Crippen LogP contribution in [0.2, 0.25) is 0 Å². The monoisotopic (exact) mass is 266 g/mol. The third kappa shape index (κ3) is 2.08. The molecule has 0 bridgehead atoms. The van der Waals surface area contributed by atoms with Gasteiger partial charge in [0.25, 0.3) is 0 Å². The van der Waals surface area contributed by atoms with E-state index in [9.17, 15) is 0 Å². The first-order valence-corrected chi connectivity index (χ1v) is 7.73. The van der Waals surface area contributed by atoms with E-state index >= 15 is 0 Å². The Balaban J connectivity index is 1.64. The molecule has 104 valence electrons. The highest BCUT2D eigenvalue weighted by Gasteiger charge is 2.43. The Labute approximate surface area is 120 Å². The molecule has 1 saturated carbocycles. The number of hydrogen-bond acceptors (Lipinski definition) is 2. The smallest absolute Gasteiger partial charge is 0.0373 e. The molecule has 2 fully saturated rings. The van der Waals surface area contributed by atoms with Crippen LogP contribution >= 0.6 is 0 Å². The van der Waals surface area contributed by atoms with Crippen molar-refractivity contribution >= 4 is 16.5 Å². The van der Waals surface area contributed by atoms with Crippen LogP contribution in [-0.2, 0) is 0 Å². The fourth-order valence-corrected chi connectivity index (χ4v) is 3.60. The molecule has 2 heteroatoms. The van der Waals surface area contributed by atoms with Crippen LogP contribution in [0, 0.1) is 5.92 Å². The third-order valence-electron chi connectivity index (χ3n) is 5.01. The Hall–Kier alpha value is -1.54. The normalized spacial score (nSPS) is 26.9. The molecule has 2 aliphatic rings. The minimum atomic E-state index is 0.309. The predicted molar refractivity (Wildman–Crippen MR) is 85.3 cm³/mol. The fraction of sp³-hybridized carbons (Fsp3) is 0.444. The summed E-state index contributed by atoms with van der Waals surface area (Å²) < 4.78 is 0. The molecule has 1 atom stereocenters. The molecule has 1 heterocycles. The lowest BCUT2D eigenvalue weighted by Gasteiger charge is -2.43. The average molecular weight is 266 g/mol. The molecule has 2 aromatic carbocycles. The first kappa shape index (κ1) is 12.2. The van der Waals surface area contributed by atoms with Crippen molar-refractivity contribution in [3.05, 3.63) is 42.5 Å². The number of nitrogens with one attached hydrogen (secondary N) is 1. The summed E-state index contributed by atoms with van der Waals surface area (Å²) in [6, 6.07) is 15.5. The Morgan fingerprint density at radius 3 is 2.70 bits per heavy atom. The Morgan fingerprint density at radius 2 is 1.90 bits per heavy atom. The van der Waals surface area contributed by atoms with Gasteiger partial charge in [-0.2, -0.15) is 0 Å². The zero-order valence-electron chi connectivity index (χ0n) is 12.1. The van der Waals surface area contributed by atoms with Gasteiger partial charge < -0.3 is 10.2 Å². The van der Waals surface area contributed by atoms with E-state index in [0.29, 0.717) is 5.54 Å². The zero-order valence-corrected chi connectivity index (χ0v) is 12.1. The van der Waals surface area contributed by atoms with Gasteiger partial charge in [-0.05, 0) is 48.6 Å². The molecule has 2 nitrogen and oxygen atoms in total. The van der Waals surface area contributed by atoms with E-state index in [1.54, 1.807) is 0 Å². The van der Waals surface area contributed by atoms with Gasteiger partial charge in [-0.1, -0.05) is 30.3 Å². The van der Waals surface area contributed by atoms with Crippen molar-refractivity contribution in [1.29, 1.82) is 0 Å². The van der Waals surface area contributed by atoms with Crippen molar-refractivity contribution in [3.8, 4) is 0 Å². The molecule has 0 aromatic heterocycles. The minimum absolute atomic E-state index is 0.309. The van der Waals surface area contributed by atoms with Gasteiger partial charge in [0.1, 0.15) is 0 Å². The molecular formula is C18H22N2. The second-order valence-corrected chi connectivity index (χ2v) is 6.57. The number of piperazine rings is 1. The van der Waals surface area contributed by atoms with E-state index in [2.05, 4.69) is 59.6 Å². The van der Waals surface area contributed by atoms with Gasteiger partial charge in [-0.15, -0.1) is 0 Å². The van der Waals surface area contributed by atoms with Crippen LogP contribution in [0.5, 0.6) is 0 Å². The van der Waals surface area contributed by atoms with Crippen LogP contribution in [-0.4, -0.2) is 25.2 Å². The molecule has 1 unspecified atom stereocenters. The number of fused-ring (bicyclic) bond motifs is 1. The van der Waals surface area contributed by atoms with Crippen LogP contribution < -0.4 is 10.2 Å². The molecule has 1 aliphatic carbocycles. The van der Waals surface area contributed by atoms with Crippen LogP contribution in [0.15, 0.2) is 42.5 Å². The van der Waals surface area contributed by atoms with Crippen molar-refractivity contribution in [2.24, 2.45) is 5.92 Å². The summed E-state index contributed by atoms with van der Waals surface area (Å²) in [6.07, 6.45) is 2.80. The number of benzene rings is 2. The molecule has 2 aromatic rings. The second-order valence-electron chi connectivity index (χ2n) is 6.57. The fourth-order valence-electron chi connectivity index (χ4n) is 3.60. The summed E-state index contributed by atoms with van der Waals surface area (Å²) in [5.41, 5.74) is 1.68. The maximum Gasteiger partial charge on any atom is 0.0373 e. The maximum absolute atomic E-state index is 3.75. The highest BCUT2D eigenvalue weighted by molar-refractivity contribution is 5.85. The van der Waals surface area contributed by atoms with E-state index in [0.717, 1.165) is 25.6 Å². The van der Waals surface area contributed by atoms with Crippen molar-refractivity contribution < 1.29 is 0 Å². The lowest BCUT2D eigenvalue weighted by Crippen LogP contribution is -2.60. The van der Waals surface area contributed by atoms with Gasteiger partial charge in [0.15, 0.2) is 0 Å². The van der Waals surface area contributed by atoms with Gasteiger partial charge in [0, 0.05) is 30.9 Å². The van der Waals surface area contributed by atoms with E-state index in [-0.39, 0.29) is 0 Å². The molecule has 0 radical (unpaired) electrons. The Kier molecular flexibility index (Phi) is 2.74. The Bertz CT molecular complexity index is 632. The topological polar surface area (TPSA) is 15.3 Å². The minimum Gasteiger partial charge on any atom is -0.368 e. The first-order chi connectivity index (χ1) is 9.74. The molecule has 20 heavy (non-hydrogen) atoms. The standard InChI is InChI=1S/C18H22N2/c1-18(16-7-8-16)13-20(11-10-19-18)17-9-6-14-4-2-3-5-15(14)12-17/h2-6,9,12,16,19H,7-8,10-11,13H2,1H3. The Morgan fingerprint density at radius 1 is 1.10 bits per heavy atom. The van der Waals surface area contributed by atoms with Gasteiger partial charge in [0.05, 0.1) is 0 Å². The SMILES string of the molecule is CC1(C2CC2)CN(c2ccc3ccccc3c2)CCN1. The molecule has 1 N–H and O–H groups in total. The van der Waals surface area contributed by atoms with E-state index in [4.69, 9.17) is 0 Å². The number of nitrogens with zero attached hydrogens (tertiary/aromatic N) is 1. The van der Waals surface area contributed by atoms with E-state index < -0.39 is 0 Å². The van der Waals surface area contributed by atoms with Crippen molar-refractivity contribution in [1.82, 2.24) is 5.32 Å². The summed E-state index contributed by atoms with van der Waals surface area (Å²) in [6.45, 7) is 5.74. The predicted octanol–water partition coefficient (Wildman–Crippen LogP) is 3.42. The van der Waals surface area contributed by atoms with Gasteiger partial charge in [0.2, 0.25) is 0 Å². The molecule has 0 spiro atoms. The highest BCUT2D eigenvalue weighted by Crippen LogP contribution is 2.41. The van der Waals surface area contributed by atoms with Crippen molar-refractivity contribution in [2.75, 3.05) is 24.5 Å². The first-order valence-electron chi connectivity index (χ1n) is 7.73. The van der Waals surface area contributed by atoms with Crippen LogP contribution in [0.3, 0.4) is 0 Å². The van der Waals surface area contributed by atoms with Gasteiger partial charge >= 0.3 is 0 Å². The highest BCUT2D eigenvalue weighted by atomic mass is 15.2. The summed E-state index contributed by atoms with van der Waals surface area (Å²) in [7, 11) is 0. The van der Waals surface area contributed by atoms with Crippen molar-refractivity contribution in [3.63, 3.8) is 0 Å². The number of rotatable bonds is 2. The number of hydrogen-bond donors (Lipinski definition) is 1. The van der Waals surface area contributed by atoms with Crippen LogP contribution in [0.25, 0.3) is 10.8 Å². The largest absolute Gasteiger partial charge is 0.368 e. The van der Waals surface area contributed by atoms with Gasteiger partial charge in [-0.3, -0.25) is 0 Å². The second kappa shape index (κ2) is 4.49. The summed E-state index contributed by atoms with van der Waals surface area (Å²) >= 11 is 0. The lowest BCUT2D eigenvalue weighted by molar-refractivity contribution is 0.285. The zero-order chi connectivity index (χ0) is 13.6. The maximum atomic E-state index is 3.75. The quantitative estimate of drug-likeness (QED) is 0.896. The lowest BCUT2D eigenvalue weighted by atomic mass is 9.92. The molecule has 4 rings (SSSR count). The number of anilines is 1. The third-order valence-corrected chi connectivity index (χ3v) is 5.01. The van der Waals surface area contributed by atoms with E-state index in [1.807, 2.05) is 0 Å². The van der Waals surface area contributed by atoms with Gasteiger partial charge in [-0.25, -0.2) is 0 Å². The van der Waals surface area contributed by atoms with Crippen LogP contribution in [0.1, 0.15) is 19.8 Å². The molecule has 1 aliphatic heterocycles. The molecule has 0 amide bonds. The summed E-state index contributed by atoms with van der Waals surface area (Å²) in [5, 5.41) is 6.43. The summed E-state index contributed by atoms with van der Waals surface area (Å²) in [4.78, 5) is 2.56. The summed E-state index contributed by atoms with van der Waals surface area (Å²) in [5.74, 6) is 0.880.